The summed E-state index contributed by atoms with van der Waals surface area (Å²) in [6.07, 6.45) is 0. The maximum atomic E-state index is 8.80. The van der Waals surface area contributed by atoms with Crippen molar-refractivity contribution in [1.29, 1.82) is 0 Å². The Morgan fingerprint density at radius 1 is 0.451 bits per heavy atom. The smallest absolute Gasteiger partial charge is 0.167 e. The van der Waals surface area contributed by atoms with E-state index >= 15 is 0 Å². The molecule has 0 radical (unpaired) electrons. The number of fused-ring (bicyclic) bond motifs is 9. The van der Waals surface area contributed by atoms with Gasteiger partial charge in [-0.3, -0.25) is 0 Å². The summed E-state index contributed by atoms with van der Waals surface area (Å²) in [7, 11) is 0. The summed E-state index contributed by atoms with van der Waals surface area (Å²) < 4.78 is 57.9. The fourth-order valence-corrected chi connectivity index (χ4v) is 7.30. The van der Waals surface area contributed by atoms with Gasteiger partial charge in [0.2, 0.25) is 0 Å². The highest BCUT2D eigenvalue weighted by molar-refractivity contribution is 6.14. The average Bonchev–Trinajstić information content (AvgIpc) is 3.91. The molecule has 0 amide bonds. The van der Waals surface area contributed by atoms with Crippen molar-refractivity contribution in [2.24, 2.45) is 0 Å². The zero-order valence-corrected chi connectivity index (χ0v) is 26.7. The van der Waals surface area contributed by atoms with Crippen LogP contribution in [-0.4, -0.2) is 19.5 Å². The van der Waals surface area contributed by atoms with Crippen molar-refractivity contribution >= 4 is 65.7 Å². The lowest BCUT2D eigenvalue weighted by molar-refractivity contribution is 0.667. The van der Waals surface area contributed by atoms with Gasteiger partial charge in [-0.1, -0.05) is 115 Å². The molecule has 0 fully saturated rings. The molecule has 51 heavy (non-hydrogen) atoms. The predicted octanol–water partition coefficient (Wildman–Crippen LogP) is 11.8. The number of nitrogens with zero attached hydrogens (tertiary/aromatic N) is 4. The molecule has 0 aliphatic rings. The van der Waals surface area contributed by atoms with E-state index in [2.05, 4.69) is 34.9 Å². The third-order valence-electron chi connectivity index (χ3n) is 9.56. The highest BCUT2D eigenvalue weighted by Gasteiger charge is 2.21. The summed E-state index contributed by atoms with van der Waals surface area (Å²) in [6.45, 7) is 0. The van der Waals surface area contributed by atoms with E-state index in [1.54, 1.807) is 0 Å². The summed E-state index contributed by atoms with van der Waals surface area (Å²) in [5, 5.41) is 5.91. The van der Waals surface area contributed by atoms with Crippen molar-refractivity contribution in [1.82, 2.24) is 19.5 Å². The molecule has 0 saturated carbocycles. The molecule has 6 nitrogen and oxygen atoms in total. The first-order chi connectivity index (χ1) is 27.4. The summed E-state index contributed by atoms with van der Waals surface area (Å²) in [4.78, 5) is 14.6. The van der Waals surface area contributed by atoms with E-state index in [4.69, 9.17) is 30.6 Å². The van der Waals surface area contributed by atoms with Gasteiger partial charge < -0.3 is 13.4 Å². The minimum atomic E-state index is -0.500. The van der Waals surface area contributed by atoms with E-state index in [0.717, 1.165) is 54.6 Å². The molecular weight excluding hydrogens is 629 g/mol. The van der Waals surface area contributed by atoms with E-state index in [0.29, 0.717) is 27.9 Å². The maximum absolute atomic E-state index is 8.80. The number of rotatable bonds is 4. The third kappa shape index (κ3) is 4.20. The molecular formula is C45H26N4O2. The number of hydrogen-bond donors (Lipinski definition) is 0. The van der Waals surface area contributed by atoms with Gasteiger partial charge in [-0.2, -0.15) is 0 Å². The van der Waals surface area contributed by atoms with Crippen LogP contribution in [0.5, 0.6) is 0 Å². The van der Waals surface area contributed by atoms with Crippen molar-refractivity contribution < 1.29 is 15.7 Å². The Morgan fingerprint density at radius 2 is 1.06 bits per heavy atom. The predicted molar refractivity (Wildman–Crippen MR) is 205 cm³/mol. The Labute approximate surface area is 297 Å². The quantitative estimate of drug-likeness (QED) is 0.188. The van der Waals surface area contributed by atoms with Gasteiger partial charge in [0.1, 0.15) is 16.7 Å². The molecule has 6 heteroatoms. The Bertz CT molecular complexity index is 3380. The molecule has 11 aromatic rings. The van der Waals surface area contributed by atoms with Crippen molar-refractivity contribution in [3.63, 3.8) is 0 Å². The second-order valence-electron chi connectivity index (χ2n) is 12.4. The molecule has 4 aromatic heterocycles. The van der Waals surface area contributed by atoms with Gasteiger partial charge >= 0.3 is 0 Å². The number of para-hydroxylation sites is 5. The molecule has 0 atom stereocenters. The van der Waals surface area contributed by atoms with E-state index < -0.39 is 30.2 Å². The third-order valence-corrected chi connectivity index (χ3v) is 9.56. The van der Waals surface area contributed by atoms with Gasteiger partial charge in [0.05, 0.1) is 29.1 Å². The van der Waals surface area contributed by atoms with Crippen molar-refractivity contribution in [2.45, 2.75) is 0 Å². The number of furan rings is 2. The Morgan fingerprint density at radius 3 is 1.84 bits per heavy atom. The second kappa shape index (κ2) is 10.7. The van der Waals surface area contributed by atoms with Gasteiger partial charge in [0, 0.05) is 43.4 Å². The number of hydrogen-bond acceptors (Lipinski definition) is 5. The number of aromatic nitrogens is 4. The van der Waals surface area contributed by atoms with E-state index in [-0.39, 0.29) is 23.0 Å². The molecule has 238 valence electrons. The van der Waals surface area contributed by atoms with Crippen LogP contribution in [0, 0.1) is 0 Å². The first-order valence-corrected chi connectivity index (χ1v) is 16.5. The van der Waals surface area contributed by atoms with Crippen molar-refractivity contribution in [2.75, 3.05) is 0 Å². The maximum Gasteiger partial charge on any atom is 0.167 e. The normalized spacial score (nSPS) is 13.3. The van der Waals surface area contributed by atoms with E-state index in [1.165, 1.54) is 0 Å². The second-order valence-corrected chi connectivity index (χ2v) is 12.4. The van der Waals surface area contributed by atoms with Crippen LogP contribution in [0.2, 0.25) is 0 Å². The van der Waals surface area contributed by atoms with Crippen molar-refractivity contribution in [3.05, 3.63) is 158 Å². The lowest BCUT2D eigenvalue weighted by Gasteiger charge is -2.09. The molecule has 0 N–H and O–H groups in total. The molecule has 0 spiro atoms. The summed E-state index contributed by atoms with van der Waals surface area (Å²) in [6, 6.07) is 39.7. The lowest BCUT2D eigenvalue weighted by atomic mass is 10.1. The topological polar surface area (TPSA) is 69.9 Å². The lowest BCUT2D eigenvalue weighted by Crippen LogP contribution is -2.00. The summed E-state index contributed by atoms with van der Waals surface area (Å²) in [5.41, 5.74) is 6.58. The van der Waals surface area contributed by atoms with Gasteiger partial charge in [-0.25, -0.2) is 15.0 Å². The SMILES string of the molecule is [2H]c1c([2H])c([2H])c(-c2nc(-c3ccc4c(c3)oc3ccccc34)nc(-c3cccc4c3oc3c(-n5c6ccccc6c6ccccc65)cccc34)n2)c([2H])c1[2H]. The average molecular weight is 660 g/mol. The van der Waals surface area contributed by atoms with Crippen LogP contribution in [0.25, 0.3) is 106 Å². The van der Waals surface area contributed by atoms with Gasteiger partial charge in [-0.15, -0.1) is 0 Å². The highest BCUT2D eigenvalue weighted by atomic mass is 16.3. The Balaban J connectivity index is 1.18. The molecule has 11 rings (SSSR count). The van der Waals surface area contributed by atoms with Crippen LogP contribution in [0.15, 0.2) is 166 Å². The van der Waals surface area contributed by atoms with Crippen LogP contribution in [-0.2, 0) is 0 Å². The number of benzene rings is 7. The first kappa shape index (κ1) is 23.3. The van der Waals surface area contributed by atoms with Gasteiger partial charge in [0.15, 0.2) is 23.1 Å². The molecule has 4 heterocycles. The molecule has 0 aliphatic carbocycles. The van der Waals surface area contributed by atoms with Crippen LogP contribution >= 0.6 is 0 Å². The first-order valence-electron chi connectivity index (χ1n) is 19.0. The van der Waals surface area contributed by atoms with Crippen LogP contribution in [0.1, 0.15) is 6.85 Å². The standard InChI is InChI=1S/C45H26N4O2/c1-2-12-27(13-3-1)43-46-44(28-24-25-32-31-16-6-9-23-39(31)50-40(32)26-28)48-45(47-43)35-19-10-17-33-34-18-11-22-38(42(34)51-41(33)35)49-36-20-7-4-14-29(36)30-15-5-8-21-37(30)49/h1-26H/i1D,2D,3D,12D,13D. The van der Waals surface area contributed by atoms with Crippen LogP contribution in [0.4, 0.5) is 0 Å². The van der Waals surface area contributed by atoms with Gasteiger partial charge in [-0.05, 0) is 42.5 Å². The van der Waals surface area contributed by atoms with Gasteiger partial charge in [0.25, 0.3) is 0 Å². The largest absolute Gasteiger partial charge is 0.456 e. The molecule has 0 saturated heterocycles. The molecule has 0 bridgehead atoms. The van der Waals surface area contributed by atoms with Crippen LogP contribution in [0.3, 0.4) is 0 Å². The Hall–Kier alpha value is -7.05. The summed E-state index contributed by atoms with van der Waals surface area (Å²) in [5.74, 6) is 0.383. The minimum absolute atomic E-state index is 0.0641. The molecule has 0 aliphatic heterocycles. The van der Waals surface area contributed by atoms with Crippen molar-refractivity contribution in [3.8, 4) is 39.9 Å². The minimum Gasteiger partial charge on any atom is -0.456 e. The highest BCUT2D eigenvalue weighted by Crippen LogP contribution is 2.41. The Kier molecular flexibility index (Phi) is 4.91. The summed E-state index contributed by atoms with van der Waals surface area (Å²) >= 11 is 0. The fraction of sp³-hybridized carbons (Fsp3) is 0. The fourth-order valence-electron chi connectivity index (χ4n) is 7.30. The monoisotopic (exact) mass is 659 g/mol. The molecule has 0 unspecified atom stereocenters. The van der Waals surface area contributed by atoms with E-state index in [9.17, 15) is 0 Å². The van der Waals surface area contributed by atoms with Crippen LogP contribution < -0.4 is 0 Å². The van der Waals surface area contributed by atoms with E-state index in [1.807, 2.05) is 97.1 Å². The zero-order chi connectivity index (χ0) is 37.8. The molecule has 7 aromatic carbocycles. The zero-order valence-electron chi connectivity index (χ0n) is 31.7.